The van der Waals surface area contributed by atoms with Crippen molar-refractivity contribution in [2.24, 2.45) is 0 Å². The summed E-state index contributed by atoms with van der Waals surface area (Å²) in [5.74, 6) is 0. The molecule has 0 aromatic carbocycles. The van der Waals surface area contributed by atoms with E-state index in [0.29, 0.717) is 12.1 Å². The zero-order valence-electron chi connectivity index (χ0n) is 10.3. The third-order valence-electron chi connectivity index (χ3n) is 3.68. The Morgan fingerprint density at radius 2 is 2.12 bits per heavy atom. The molecule has 2 nitrogen and oxygen atoms in total. The van der Waals surface area contributed by atoms with Crippen LogP contribution in [-0.2, 0) is 0 Å². The van der Waals surface area contributed by atoms with Crippen LogP contribution in [-0.4, -0.2) is 37.1 Å². The Morgan fingerprint density at radius 3 is 2.88 bits per heavy atom. The number of fused-ring (bicyclic) bond motifs is 2. The van der Waals surface area contributed by atoms with Gasteiger partial charge in [0, 0.05) is 12.6 Å². The van der Waals surface area contributed by atoms with Crippen molar-refractivity contribution in [3.63, 3.8) is 0 Å². The summed E-state index contributed by atoms with van der Waals surface area (Å²) >= 11 is 0. The van der Waals surface area contributed by atoms with Crippen molar-refractivity contribution in [2.45, 2.75) is 25.4 Å². The van der Waals surface area contributed by atoms with E-state index in [1.54, 1.807) is 5.57 Å². The Bertz CT molecular complexity index is 385. The minimum atomic E-state index is 0. The summed E-state index contributed by atoms with van der Waals surface area (Å²) in [7, 11) is 2.21. The lowest BCUT2D eigenvalue weighted by Gasteiger charge is -2.29. The molecule has 2 unspecified atom stereocenters. The normalized spacial score (nSPS) is 31.1. The van der Waals surface area contributed by atoms with Crippen molar-refractivity contribution in [1.82, 2.24) is 10.2 Å². The van der Waals surface area contributed by atoms with Crippen LogP contribution in [0.2, 0.25) is 0 Å². The Morgan fingerprint density at radius 1 is 1.35 bits per heavy atom. The van der Waals surface area contributed by atoms with Crippen LogP contribution >= 0.6 is 24.8 Å². The SMILES string of the molecule is CC1=CC2=C3CN(C)CCC3NC2C=C1.Cl.Cl. The average Bonchev–Trinajstić information content (AvgIpc) is 2.56. The first-order chi connectivity index (χ1) is 7.24. The molecule has 96 valence electrons. The number of rotatable bonds is 0. The van der Waals surface area contributed by atoms with Crippen molar-refractivity contribution < 1.29 is 0 Å². The molecular weight excluding hydrogens is 255 g/mol. The van der Waals surface area contributed by atoms with Gasteiger partial charge in [0.05, 0.1) is 6.04 Å². The lowest BCUT2D eigenvalue weighted by atomic mass is 9.93. The van der Waals surface area contributed by atoms with E-state index in [9.17, 15) is 0 Å². The maximum Gasteiger partial charge on any atom is 0.0514 e. The summed E-state index contributed by atoms with van der Waals surface area (Å²) in [5, 5.41) is 3.70. The largest absolute Gasteiger partial charge is 0.302 e. The molecule has 2 heterocycles. The molecule has 0 amide bonds. The van der Waals surface area contributed by atoms with E-state index in [1.165, 1.54) is 24.1 Å². The molecule has 1 fully saturated rings. The van der Waals surface area contributed by atoms with Crippen LogP contribution in [0.3, 0.4) is 0 Å². The molecule has 0 aromatic heterocycles. The molecule has 2 atom stereocenters. The number of allylic oxidation sites excluding steroid dienone is 2. The Kier molecular flexibility index (Phi) is 4.85. The first kappa shape index (κ1) is 14.8. The van der Waals surface area contributed by atoms with E-state index in [-0.39, 0.29) is 24.8 Å². The molecule has 0 spiro atoms. The molecule has 0 aromatic rings. The quantitative estimate of drug-likeness (QED) is 0.730. The Balaban J connectivity index is 0.000000722. The van der Waals surface area contributed by atoms with Crippen LogP contribution in [0, 0.1) is 0 Å². The predicted octanol–water partition coefficient (Wildman–Crippen LogP) is 2.32. The third-order valence-corrected chi connectivity index (χ3v) is 3.68. The van der Waals surface area contributed by atoms with E-state index < -0.39 is 0 Å². The highest BCUT2D eigenvalue weighted by atomic mass is 35.5. The highest BCUT2D eigenvalue weighted by molar-refractivity contribution is 5.85. The zero-order chi connectivity index (χ0) is 10.4. The zero-order valence-corrected chi connectivity index (χ0v) is 11.9. The van der Waals surface area contributed by atoms with Crippen LogP contribution in [0.4, 0.5) is 0 Å². The minimum Gasteiger partial charge on any atom is -0.302 e. The van der Waals surface area contributed by atoms with Gasteiger partial charge in [0.2, 0.25) is 0 Å². The van der Waals surface area contributed by atoms with Gasteiger partial charge in [-0.15, -0.1) is 24.8 Å². The van der Waals surface area contributed by atoms with E-state index in [2.05, 4.69) is 42.4 Å². The summed E-state index contributed by atoms with van der Waals surface area (Å²) in [6.07, 6.45) is 8.14. The van der Waals surface area contributed by atoms with Crippen molar-refractivity contribution >= 4 is 24.8 Å². The second-order valence-electron chi connectivity index (χ2n) is 4.95. The number of nitrogens with zero attached hydrogens (tertiary/aromatic N) is 1. The number of hydrogen-bond acceptors (Lipinski definition) is 2. The average molecular weight is 275 g/mol. The molecule has 3 rings (SSSR count). The van der Waals surface area contributed by atoms with Gasteiger partial charge >= 0.3 is 0 Å². The Labute approximate surface area is 116 Å². The highest BCUT2D eigenvalue weighted by Gasteiger charge is 2.34. The molecule has 4 heteroatoms. The van der Waals surface area contributed by atoms with Crippen molar-refractivity contribution in [2.75, 3.05) is 20.1 Å². The monoisotopic (exact) mass is 274 g/mol. The fourth-order valence-corrected chi connectivity index (χ4v) is 2.87. The lowest BCUT2D eigenvalue weighted by Crippen LogP contribution is -2.40. The maximum absolute atomic E-state index is 3.70. The smallest absolute Gasteiger partial charge is 0.0514 e. The van der Waals surface area contributed by atoms with Crippen molar-refractivity contribution in [3.8, 4) is 0 Å². The van der Waals surface area contributed by atoms with Crippen LogP contribution in [0.1, 0.15) is 13.3 Å². The number of hydrogen-bond donors (Lipinski definition) is 1. The fraction of sp³-hybridized carbons (Fsp3) is 0.538. The lowest BCUT2D eigenvalue weighted by molar-refractivity contribution is 0.297. The topological polar surface area (TPSA) is 15.3 Å². The number of piperidine rings is 1. The highest BCUT2D eigenvalue weighted by Crippen LogP contribution is 2.31. The van der Waals surface area contributed by atoms with Gasteiger partial charge in [0.25, 0.3) is 0 Å². The van der Waals surface area contributed by atoms with Crippen LogP contribution in [0.5, 0.6) is 0 Å². The second-order valence-corrected chi connectivity index (χ2v) is 4.95. The van der Waals surface area contributed by atoms with Gasteiger partial charge in [-0.1, -0.05) is 23.8 Å². The Hall–Kier alpha value is -0.280. The predicted molar refractivity (Wildman–Crippen MR) is 77.2 cm³/mol. The molecule has 3 aliphatic rings. The summed E-state index contributed by atoms with van der Waals surface area (Å²) in [6, 6.07) is 1.12. The van der Waals surface area contributed by atoms with Gasteiger partial charge in [0.15, 0.2) is 0 Å². The van der Waals surface area contributed by atoms with Gasteiger partial charge in [0.1, 0.15) is 0 Å². The molecule has 1 saturated heterocycles. The van der Waals surface area contributed by atoms with E-state index in [0.717, 1.165) is 6.54 Å². The fourth-order valence-electron chi connectivity index (χ4n) is 2.87. The number of nitrogens with one attached hydrogen (secondary N) is 1. The van der Waals surface area contributed by atoms with E-state index in [1.807, 2.05) is 0 Å². The first-order valence-electron chi connectivity index (χ1n) is 5.78. The maximum atomic E-state index is 3.70. The van der Waals surface area contributed by atoms with Crippen LogP contribution < -0.4 is 5.32 Å². The first-order valence-corrected chi connectivity index (χ1v) is 5.78. The summed E-state index contributed by atoms with van der Waals surface area (Å²) in [4.78, 5) is 2.42. The van der Waals surface area contributed by atoms with Crippen LogP contribution in [0.15, 0.2) is 34.9 Å². The van der Waals surface area contributed by atoms with Gasteiger partial charge < -0.3 is 10.2 Å². The standard InChI is InChI=1S/C13H18N2.2ClH/c1-9-3-4-12-10(7-9)11-8-15(2)6-5-13(11)14-12;;/h3-4,7,12-14H,5-6,8H2,1-2H3;2*1H. The van der Waals surface area contributed by atoms with E-state index >= 15 is 0 Å². The summed E-state index contributed by atoms with van der Waals surface area (Å²) in [6.45, 7) is 4.54. The second kappa shape index (κ2) is 5.57. The molecule has 1 N–H and O–H groups in total. The molecule has 0 bridgehead atoms. The van der Waals surface area contributed by atoms with Crippen molar-refractivity contribution in [1.29, 1.82) is 0 Å². The molecule has 1 aliphatic carbocycles. The van der Waals surface area contributed by atoms with Crippen LogP contribution in [0.25, 0.3) is 0 Å². The van der Waals surface area contributed by atoms with Crippen molar-refractivity contribution in [3.05, 3.63) is 34.9 Å². The molecule has 17 heavy (non-hydrogen) atoms. The molecular formula is C13H20Cl2N2. The number of likely N-dealkylation sites (N-methyl/N-ethyl adjacent to an activating group) is 1. The summed E-state index contributed by atoms with van der Waals surface area (Å²) in [5.41, 5.74) is 4.54. The molecule has 0 saturated carbocycles. The van der Waals surface area contributed by atoms with Gasteiger partial charge in [-0.05, 0) is 38.1 Å². The van der Waals surface area contributed by atoms with E-state index in [4.69, 9.17) is 0 Å². The number of likely N-dealkylation sites (tertiary alicyclic amines) is 1. The molecule has 2 aliphatic heterocycles. The molecule has 0 radical (unpaired) electrons. The minimum absolute atomic E-state index is 0. The van der Waals surface area contributed by atoms with Gasteiger partial charge in [-0.25, -0.2) is 0 Å². The van der Waals surface area contributed by atoms with Gasteiger partial charge in [-0.2, -0.15) is 0 Å². The number of halogens is 2. The summed E-state index contributed by atoms with van der Waals surface area (Å²) < 4.78 is 0. The third kappa shape index (κ3) is 2.60. The van der Waals surface area contributed by atoms with Gasteiger partial charge in [-0.3, -0.25) is 0 Å².